The molecule has 1 aromatic carbocycles. The van der Waals surface area contributed by atoms with Crippen LogP contribution < -0.4 is 5.32 Å². The number of hydrogen-bond acceptors (Lipinski definition) is 2. The molecule has 2 heteroatoms. The highest BCUT2D eigenvalue weighted by Gasteiger charge is 2.33. The van der Waals surface area contributed by atoms with Crippen LogP contribution in [0.4, 0.5) is 0 Å². The Hall–Kier alpha value is -0.860. The van der Waals surface area contributed by atoms with Crippen LogP contribution in [0.25, 0.3) is 0 Å². The average Bonchev–Trinajstić information content (AvgIpc) is 2.43. The first-order valence-corrected chi connectivity index (χ1v) is 8.03. The Balaban J connectivity index is 1.78. The molecule has 0 radical (unpaired) electrons. The SMILES string of the molecule is CC1CC(NC2CCC(C)(C)c3ccccc32)CCO1. The van der Waals surface area contributed by atoms with Gasteiger partial charge in [-0.3, -0.25) is 0 Å². The summed E-state index contributed by atoms with van der Waals surface area (Å²) in [6.45, 7) is 7.83. The van der Waals surface area contributed by atoms with E-state index < -0.39 is 0 Å². The normalized spacial score (nSPS) is 32.6. The maximum atomic E-state index is 5.66. The van der Waals surface area contributed by atoms with Crippen molar-refractivity contribution in [1.82, 2.24) is 5.32 Å². The third-order valence-corrected chi connectivity index (χ3v) is 5.05. The van der Waals surface area contributed by atoms with Crippen molar-refractivity contribution in [2.75, 3.05) is 6.61 Å². The van der Waals surface area contributed by atoms with Crippen molar-refractivity contribution in [3.05, 3.63) is 35.4 Å². The average molecular weight is 273 g/mol. The number of hydrogen-bond donors (Lipinski definition) is 1. The van der Waals surface area contributed by atoms with Gasteiger partial charge in [0.05, 0.1) is 6.10 Å². The first-order chi connectivity index (χ1) is 9.56. The summed E-state index contributed by atoms with van der Waals surface area (Å²) in [5.41, 5.74) is 3.37. The van der Waals surface area contributed by atoms with Gasteiger partial charge in [-0.05, 0) is 49.1 Å². The molecule has 3 atom stereocenters. The molecule has 2 aliphatic rings. The highest BCUT2D eigenvalue weighted by Crippen LogP contribution is 2.41. The van der Waals surface area contributed by atoms with Crippen LogP contribution in [0.3, 0.4) is 0 Å². The third kappa shape index (κ3) is 2.77. The summed E-state index contributed by atoms with van der Waals surface area (Å²) >= 11 is 0. The minimum absolute atomic E-state index is 0.317. The highest BCUT2D eigenvalue weighted by atomic mass is 16.5. The summed E-state index contributed by atoms with van der Waals surface area (Å²) in [5, 5.41) is 3.90. The summed E-state index contributed by atoms with van der Waals surface area (Å²) in [4.78, 5) is 0. The molecule has 0 bridgehead atoms. The molecule has 1 aliphatic carbocycles. The zero-order valence-electron chi connectivity index (χ0n) is 13.0. The Morgan fingerprint density at radius 1 is 1.20 bits per heavy atom. The standard InChI is InChI=1S/C18H27NO/c1-13-12-14(9-11-20-13)19-17-8-10-18(2,3)16-7-5-4-6-15(16)17/h4-7,13-14,17,19H,8-12H2,1-3H3. The largest absolute Gasteiger partial charge is 0.378 e. The summed E-state index contributed by atoms with van der Waals surface area (Å²) in [6, 6.07) is 10.1. The van der Waals surface area contributed by atoms with Gasteiger partial charge in [-0.1, -0.05) is 38.1 Å². The van der Waals surface area contributed by atoms with Crippen LogP contribution in [0.2, 0.25) is 0 Å². The van der Waals surface area contributed by atoms with Gasteiger partial charge in [-0.2, -0.15) is 0 Å². The van der Waals surface area contributed by atoms with E-state index in [1.54, 1.807) is 0 Å². The summed E-state index contributed by atoms with van der Waals surface area (Å²) in [7, 11) is 0. The Morgan fingerprint density at radius 2 is 2.00 bits per heavy atom. The fourth-order valence-electron chi connectivity index (χ4n) is 3.82. The van der Waals surface area contributed by atoms with Crippen molar-refractivity contribution in [2.45, 2.75) is 70.1 Å². The number of fused-ring (bicyclic) bond motifs is 1. The number of ether oxygens (including phenoxy) is 1. The molecule has 3 rings (SSSR count). The minimum atomic E-state index is 0.317. The third-order valence-electron chi connectivity index (χ3n) is 5.05. The van der Waals surface area contributed by atoms with Crippen LogP contribution in [0.15, 0.2) is 24.3 Å². The second-order valence-electron chi connectivity index (χ2n) is 7.13. The van der Waals surface area contributed by atoms with Crippen LogP contribution in [-0.2, 0) is 10.2 Å². The fourth-order valence-corrected chi connectivity index (χ4v) is 3.82. The second kappa shape index (κ2) is 5.50. The van der Waals surface area contributed by atoms with E-state index in [9.17, 15) is 0 Å². The second-order valence-corrected chi connectivity index (χ2v) is 7.13. The molecule has 1 aromatic rings. The van der Waals surface area contributed by atoms with Crippen molar-refractivity contribution in [3.8, 4) is 0 Å². The molecular weight excluding hydrogens is 246 g/mol. The molecular formula is C18H27NO. The maximum absolute atomic E-state index is 5.66. The molecule has 1 fully saturated rings. The van der Waals surface area contributed by atoms with Crippen LogP contribution >= 0.6 is 0 Å². The van der Waals surface area contributed by atoms with Crippen molar-refractivity contribution in [3.63, 3.8) is 0 Å². The molecule has 20 heavy (non-hydrogen) atoms. The predicted octanol–water partition coefficient (Wildman–Crippen LogP) is 3.96. The number of rotatable bonds is 2. The van der Waals surface area contributed by atoms with Gasteiger partial charge in [0.15, 0.2) is 0 Å². The topological polar surface area (TPSA) is 21.3 Å². The van der Waals surface area contributed by atoms with Gasteiger partial charge in [0, 0.05) is 18.7 Å². The van der Waals surface area contributed by atoms with Gasteiger partial charge in [-0.15, -0.1) is 0 Å². The molecule has 1 aliphatic heterocycles. The van der Waals surface area contributed by atoms with E-state index >= 15 is 0 Å². The molecule has 0 saturated carbocycles. The first-order valence-electron chi connectivity index (χ1n) is 8.03. The van der Waals surface area contributed by atoms with E-state index in [0.717, 1.165) is 19.4 Å². The number of nitrogens with one attached hydrogen (secondary N) is 1. The van der Waals surface area contributed by atoms with Gasteiger partial charge in [0.1, 0.15) is 0 Å². The summed E-state index contributed by atoms with van der Waals surface area (Å²) < 4.78 is 5.66. The van der Waals surface area contributed by atoms with Crippen LogP contribution in [0, 0.1) is 0 Å². The van der Waals surface area contributed by atoms with E-state index in [4.69, 9.17) is 4.74 Å². The van der Waals surface area contributed by atoms with Crippen LogP contribution in [0.1, 0.15) is 63.6 Å². The molecule has 1 N–H and O–H groups in total. The van der Waals surface area contributed by atoms with E-state index in [0.29, 0.717) is 23.6 Å². The lowest BCUT2D eigenvalue weighted by molar-refractivity contribution is 0.0105. The van der Waals surface area contributed by atoms with Crippen molar-refractivity contribution in [2.24, 2.45) is 0 Å². The molecule has 0 spiro atoms. The molecule has 3 unspecified atom stereocenters. The molecule has 0 amide bonds. The lowest BCUT2D eigenvalue weighted by atomic mass is 9.71. The molecule has 1 saturated heterocycles. The van der Waals surface area contributed by atoms with Crippen molar-refractivity contribution >= 4 is 0 Å². The Labute approximate surface area is 122 Å². The van der Waals surface area contributed by atoms with Gasteiger partial charge >= 0.3 is 0 Å². The molecule has 0 aromatic heterocycles. The maximum Gasteiger partial charge on any atom is 0.0561 e. The number of benzene rings is 1. The predicted molar refractivity (Wildman–Crippen MR) is 83.0 cm³/mol. The zero-order valence-corrected chi connectivity index (χ0v) is 13.0. The van der Waals surface area contributed by atoms with E-state index in [1.807, 2.05) is 0 Å². The van der Waals surface area contributed by atoms with E-state index in [2.05, 4.69) is 50.4 Å². The molecule has 110 valence electrons. The lowest BCUT2D eigenvalue weighted by Gasteiger charge is -2.40. The van der Waals surface area contributed by atoms with E-state index in [-0.39, 0.29) is 0 Å². The lowest BCUT2D eigenvalue weighted by Crippen LogP contribution is -2.42. The smallest absolute Gasteiger partial charge is 0.0561 e. The first kappa shape index (κ1) is 14.1. The fraction of sp³-hybridized carbons (Fsp3) is 0.667. The zero-order chi connectivity index (χ0) is 14.2. The minimum Gasteiger partial charge on any atom is -0.378 e. The van der Waals surface area contributed by atoms with Crippen LogP contribution in [-0.4, -0.2) is 18.8 Å². The molecule has 1 heterocycles. The van der Waals surface area contributed by atoms with Gasteiger partial charge in [0.25, 0.3) is 0 Å². The Kier molecular flexibility index (Phi) is 3.87. The quantitative estimate of drug-likeness (QED) is 0.880. The van der Waals surface area contributed by atoms with Crippen molar-refractivity contribution < 1.29 is 4.74 Å². The summed E-state index contributed by atoms with van der Waals surface area (Å²) in [6.07, 6.45) is 5.20. The van der Waals surface area contributed by atoms with Crippen molar-refractivity contribution in [1.29, 1.82) is 0 Å². The van der Waals surface area contributed by atoms with Gasteiger partial charge < -0.3 is 10.1 Å². The Bertz CT molecular complexity index is 468. The summed E-state index contributed by atoms with van der Waals surface area (Å²) in [5.74, 6) is 0. The highest BCUT2D eigenvalue weighted by molar-refractivity contribution is 5.38. The van der Waals surface area contributed by atoms with Gasteiger partial charge in [0.2, 0.25) is 0 Å². The van der Waals surface area contributed by atoms with E-state index in [1.165, 1.54) is 24.0 Å². The Morgan fingerprint density at radius 3 is 2.80 bits per heavy atom. The molecule has 2 nitrogen and oxygen atoms in total. The van der Waals surface area contributed by atoms with Gasteiger partial charge in [-0.25, -0.2) is 0 Å². The monoisotopic (exact) mass is 273 g/mol. The van der Waals surface area contributed by atoms with Crippen LogP contribution in [0.5, 0.6) is 0 Å².